The topological polar surface area (TPSA) is 53.2 Å². The first-order chi connectivity index (χ1) is 7.68. The standard InChI is InChI=1S/C11H16N2O3/c1-12-10(14)2-5-13(11(12)15)8-9-3-6-16-7-4-9/h2,5,9H,3-4,6-8H2,1H3. The van der Waals surface area contributed by atoms with Gasteiger partial charge in [0.15, 0.2) is 0 Å². The molecule has 1 aromatic rings. The average Bonchev–Trinajstić information content (AvgIpc) is 2.31. The van der Waals surface area contributed by atoms with Crippen LogP contribution in [0.1, 0.15) is 12.8 Å². The van der Waals surface area contributed by atoms with Crippen molar-refractivity contribution in [3.63, 3.8) is 0 Å². The van der Waals surface area contributed by atoms with Crippen LogP contribution >= 0.6 is 0 Å². The molecule has 5 nitrogen and oxygen atoms in total. The maximum atomic E-state index is 11.8. The fourth-order valence-electron chi connectivity index (χ4n) is 1.96. The molecule has 0 unspecified atom stereocenters. The minimum atomic E-state index is -0.256. The first-order valence-corrected chi connectivity index (χ1v) is 5.52. The van der Waals surface area contributed by atoms with Gasteiger partial charge in [0.25, 0.3) is 5.56 Å². The van der Waals surface area contributed by atoms with Crippen LogP contribution in [0.5, 0.6) is 0 Å². The quantitative estimate of drug-likeness (QED) is 0.709. The average molecular weight is 224 g/mol. The third-order valence-corrected chi connectivity index (χ3v) is 3.06. The normalized spacial score (nSPS) is 17.6. The molecule has 1 aliphatic rings. The molecule has 0 aliphatic carbocycles. The minimum Gasteiger partial charge on any atom is -0.381 e. The summed E-state index contributed by atoms with van der Waals surface area (Å²) in [5.74, 6) is 0.476. The molecule has 0 aromatic carbocycles. The van der Waals surface area contributed by atoms with Crippen LogP contribution < -0.4 is 11.2 Å². The number of hydrogen-bond donors (Lipinski definition) is 0. The third-order valence-electron chi connectivity index (χ3n) is 3.06. The summed E-state index contributed by atoms with van der Waals surface area (Å²) < 4.78 is 8.01. The molecule has 0 amide bonds. The van der Waals surface area contributed by atoms with E-state index < -0.39 is 0 Å². The molecule has 88 valence electrons. The Hall–Kier alpha value is -1.36. The maximum Gasteiger partial charge on any atom is 0.330 e. The molecular formula is C11H16N2O3. The van der Waals surface area contributed by atoms with Crippen molar-refractivity contribution in [2.75, 3.05) is 13.2 Å². The predicted octanol–water partition coefficient (Wildman–Crippen LogP) is -0.0264. The van der Waals surface area contributed by atoms with Crippen molar-refractivity contribution < 1.29 is 4.74 Å². The van der Waals surface area contributed by atoms with Crippen LogP contribution in [0, 0.1) is 5.92 Å². The van der Waals surface area contributed by atoms with E-state index in [0.29, 0.717) is 12.5 Å². The second kappa shape index (κ2) is 4.65. The van der Waals surface area contributed by atoms with Gasteiger partial charge in [-0.1, -0.05) is 0 Å². The first kappa shape index (κ1) is 11.1. The van der Waals surface area contributed by atoms with Crippen molar-refractivity contribution in [2.24, 2.45) is 13.0 Å². The Bertz CT molecular complexity index is 469. The maximum absolute atomic E-state index is 11.8. The molecule has 0 saturated carbocycles. The lowest BCUT2D eigenvalue weighted by atomic mass is 10.0. The highest BCUT2D eigenvalue weighted by Gasteiger charge is 2.15. The Kier molecular flexibility index (Phi) is 3.24. The van der Waals surface area contributed by atoms with Gasteiger partial charge in [-0.05, 0) is 18.8 Å². The molecule has 0 atom stereocenters. The van der Waals surface area contributed by atoms with Gasteiger partial charge in [-0.2, -0.15) is 0 Å². The smallest absolute Gasteiger partial charge is 0.330 e. The van der Waals surface area contributed by atoms with Crippen LogP contribution in [-0.2, 0) is 18.3 Å². The Morgan fingerprint density at radius 3 is 2.75 bits per heavy atom. The van der Waals surface area contributed by atoms with E-state index in [1.165, 1.54) is 13.1 Å². The van der Waals surface area contributed by atoms with E-state index >= 15 is 0 Å². The lowest BCUT2D eigenvalue weighted by Crippen LogP contribution is -2.38. The van der Waals surface area contributed by atoms with Gasteiger partial charge in [0, 0.05) is 39.1 Å². The van der Waals surface area contributed by atoms with E-state index in [1.807, 2.05) is 0 Å². The summed E-state index contributed by atoms with van der Waals surface area (Å²) in [5.41, 5.74) is -0.493. The summed E-state index contributed by atoms with van der Waals surface area (Å²) in [7, 11) is 1.51. The molecule has 0 spiro atoms. The van der Waals surface area contributed by atoms with Crippen molar-refractivity contribution >= 4 is 0 Å². The van der Waals surface area contributed by atoms with Crippen LogP contribution in [-0.4, -0.2) is 22.3 Å². The first-order valence-electron chi connectivity index (χ1n) is 5.52. The van der Waals surface area contributed by atoms with E-state index in [1.54, 1.807) is 10.8 Å². The molecule has 5 heteroatoms. The summed E-state index contributed by atoms with van der Waals surface area (Å²) in [6.07, 6.45) is 3.55. The fourth-order valence-corrected chi connectivity index (χ4v) is 1.96. The van der Waals surface area contributed by atoms with Crippen molar-refractivity contribution in [3.8, 4) is 0 Å². The van der Waals surface area contributed by atoms with Crippen LogP contribution in [0.2, 0.25) is 0 Å². The molecule has 1 fully saturated rings. The zero-order valence-electron chi connectivity index (χ0n) is 9.39. The molecule has 1 aromatic heterocycles. The van der Waals surface area contributed by atoms with E-state index in [2.05, 4.69) is 0 Å². The lowest BCUT2D eigenvalue weighted by Gasteiger charge is -2.22. The summed E-state index contributed by atoms with van der Waals surface area (Å²) in [4.78, 5) is 23.0. The molecule has 1 saturated heterocycles. The summed E-state index contributed by atoms with van der Waals surface area (Å²) in [6.45, 7) is 2.21. The Labute approximate surface area is 93.3 Å². The van der Waals surface area contributed by atoms with Gasteiger partial charge in [-0.25, -0.2) is 4.79 Å². The minimum absolute atomic E-state index is 0.237. The Balaban J connectivity index is 2.18. The Morgan fingerprint density at radius 1 is 1.38 bits per heavy atom. The van der Waals surface area contributed by atoms with Crippen molar-refractivity contribution in [1.82, 2.24) is 9.13 Å². The van der Waals surface area contributed by atoms with Crippen LogP contribution in [0.15, 0.2) is 21.9 Å². The zero-order chi connectivity index (χ0) is 11.5. The van der Waals surface area contributed by atoms with Gasteiger partial charge in [-0.3, -0.25) is 9.36 Å². The second-order valence-corrected chi connectivity index (χ2v) is 4.20. The second-order valence-electron chi connectivity index (χ2n) is 4.20. The highest BCUT2D eigenvalue weighted by molar-refractivity contribution is 4.86. The van der Waals surface area contributed by atoms with Gasteiger partial charge in [0.05, 0.1) is 0 Å². The SMILES string of the molecule is Cn1c(=O)ccn(CC2CCOCC2)c1=O. The van der Waals surface area contributed by atoms with Gasteiger partial charge in [0.2, 0.25) is 0 Å². The molecule has 2 heterocycles. The van der Waals surface area contributed by atoms with Crippen LogP contribution in [0.4, 0.5) is 0 Å². The van der Waals surface area contributed by atoms with Crippen LogP contribution in [0.25, 0.3) is 0 Å². The van der Waals surface area contributed by atoms with E-state index in [9.17, 15) is 9.59 Å². The van der Waals surface area contributed by atoms with Gasteiger partial charge in [-0.15, -0.1) is 0 Å². The van der Waals surface area contributed by atoms with E-state index in [-0.39, 0.29) is 11.2 Å². The molecular weight excluding hydrogens is 208 g/mol. The molecule has 0 radical (unpaired) electrons. The van der Waals surface area contributed by atoms with Crippen molar-refractivity contribution in [2.45, 2.75) is 19.4 Å². The zero-order valence-corrected chi connectivity index (χ0v) is 9.39. The lowest BCUT2D eigenvalue weighted by molar-refractivity contribution is 0.0607. The van der Waals surface area contributed by atoms with Crippen molar-refractivity contribution in [1.29, 1.82) is 0 Å². The number of ether oxygens (including phenoxy) is 1. The highest BCUT2D eigenvalue weighted by Crippen LogP contribution is 2.15. The van der Waals surface area contributed by atoms with E-state index in [4.69, 9.17) is 4.74 Å². The number of hydrogen-bond acceptors (Lipinski definition) is 3. The number of rotatable bonds is 2. The highest BCUT2D eigenvalue weighted by atomic mass is 16.5. The molecule has 0 bridgehead atoms. The third kappa shape index (κ3) is 2.24. The van der Waals surface area contributed by atoms with Gasteiger partial charge in [0.1, 0.15) is 0 Å². The van der Waals surface area contributed by atoms with Gasteiger partial charge < -0.3 is 9.30 Å². The molecule has 0 N–H and O–H groups in total. The monoisotopic (exact) mass is 224 g/mol. The number of nitrogens with zero attached hydrogens (tertiary/aromatic N) is 2. The summed E-state index contributed by atoms with van der Waals surface area (Å²) in [6, 6.07) is 1.43. The van der Waals surface area contributed by atoms with E-state index in [0.717, 1.165) is 30.6 Å². The molecule has 2 rings (SSSR count). The largest absolute Gasteiger partial charge is 0.381 e. The fraction of sp³-hybridized carbons (Fsp3) is 0.636. The van der Waals surface area contributed by atoms with Crippen LogP contribution in [0.3, 0.4) is 0 Å². The molecule has 16 heavy (non-hydrogen) atoms. The summed E-state index contributed by atoms with van der Waals surface area (Å²) >= 11 is 0. The van der Waals surface area contributed by atoms with Gasteiger partial charge >= 0.3 is 5.69 Å². The number of aromatic nitrogens is 2. The summed E-state index contributed by atoms with van der Waals surface area (Å²) in [5, 5.41) is 0. The van der Waals surface area contributed by atoms with Crippen molar-refractivity contribution in [3.05, 3.63) is 33.1 Å². The Morgan fingerprint density at radius 2 is 2.06 bits per heavy atom. The molecule has 1 aliphatic heterocycles. The predicted molar refractivity (Wildman–Crippen MR) is 59.5 cm³/mol.